The number of fused-ring (bicyclic) bond motifs is 2. The molecule has 0 fully saturated rings. The van der Waals surface area contributed by atoms with E-state index >= 15 is 0 Å². The van der Waals surface area contributed by atoms with Gasteiger partial charge in [-0.1, -0.05) is 13.0 Å². The zero-order valence-corrected chi connectivity index (χ0v) is 13.9. The van der Waals surface area contributed by atoms with Gasteiger partial charge in [-0.05, 0) is 70.1 Å². The van der Waals surface area contributed by atoms with Crippen LogP contribution in [0.2, 0.25) is 0 Å². The summed E-state index contributed by atoms with van der Waals surface area (Å²) in [4.78, 5) is 4.53. The highest BCUT2D eigenvalue weighted by Crippen LogP contribution is 2.40. The molecule has 22 heavy (non-hydrogen) atoms. The van der Waals surface area contributed by atoms with Crippen molar-refractivity contribution < 1.29 is 5.11 Å². The van der Waals surface area contributed by atoms with Crippen molar-refractivity contribution in [1.29, 1.82) is 0 Å². The Morgan fingerprint density at radius 1 is 1.27 bits per heavy atom. The first-order valence-corrected chi connectivity index (χ1v) is 8.35. The van der Waals surface area contributed by atoms with E-state index < -0.39 is 0 Å². The minimum Gasteiger partial charge on any atom is -0.508 e. The molecule has 0 spiro atoms. The Hall–Kier alpha value is -1.81. The number of nitrogens with zero attached hydrogens (tertiary/aromatic N) is 2. The molecule has 3 aromatic rings. The standard InChI is InChI=1S/C18H17BrN2O/c1-11-6-13(7-12-8-15(22)3-4-16(11)12)17-9-20-18-5-2-14(19)10-21(17)18/h2-5,8-11,13,22H,6-7H2,1H3. The molecule has 4 heteroatoms. The van der Waals surface area contributed by atoms with Gasteiger partial charge in [-0.2, -0.15) is 0 Å². The van der Waals surface area contributed by atoms with Crippen molar-refractivity contribution in [3.63, 3.8) is 0 Å². The van der Waals surface area contributed by atoms with Gasteiger partial charge in [0.05, 0.1) is 0 Å². The van der Waals surface area contributed by atoms with E-state index in [0.29, 0.717) is 17.6 Å². The van der Waals surface area contributed by atoms with Gasteiger partial charge in [-0.3, -0.25) is 0 Å². The van der Waals surface area contributed by atoms with Crippen LogP contribution in [0.5, 0.6) is 5.75 Å². The Kier molecular flexibility index (Phi) is 3.22. The summed E-state index contributed by atoms with van der Waals surface area (Å²) in [6.45, 7) is 2.27. The normalized spacial score (nSPS) is 21.0. The highest BCUT2D eigenvalue weighted by molar-refractivity contribution is 9.10. The molecule has 2 aromatic heterocycles. The zero-order chi connectivity index (χ0) is 15.3. The quantitative estimate of drug-likeness (QED) is 0.689. The molecule has 2 atom stereocenters. The van der Waals surface area contributed by atoms with Crippen LogP contribution in [0.1, 0.15) is 42.0 Å². The maximum absolute atomic E-state index is 9.78. The average molecular weight is 357 g/mol. The van der Waals surface area contributed by atoms with Gasteiger partial charge in [-0.25, -0.2) is 4.98 Å². The summed E-state index contributed by atoms with van der Waals surface area (Å²) in [6.07, 6.45) is 6.14. The Morgan fingerprint density at radius 3 is 3.00 bits per heavy atom. The lowest BCUT2D eigenvalue weighted by Crippen LogP contribution is -2.17. The van der Waals surface area contributed by atoms with Crippen LogP contribution in [0.25, 0.3) is 5.65 Å². The lowest BCUT2D eigenvalue weighted by atomic mass is 9.76. The predicted octanol–water partition coefficient (Wildman–Crippen LogP) is 4.64. The van der Waals surface area contributed by atoms with Crippen molar-refractivity contribution in [3.05, 3.63) is 64.0 Å². The number of phenols is 1. The third kappa shape index (κ3) is 2.22. The molecule has 1 aliphatic rings. The van der Waals surface area contributed by atoms with Crippen LogP contribution < -0.4 is 0 Å². The fourth-order valence-electron chi connectivity index (χ4n) is 3.65. The molecule has 112 valence electrons. The van der Waals surface area contributed by atoms with Crippen molar-refractivity contribution in [2.75, 3.05) is 0 Å². The summed E-state index contributed by atoms with van der Waals surface area (Å²) in [5.74, 6) is 1.27. The number of imidazole rings is 1. The molecule has 0 amide bonds. The van der Waals surface area contributed by atoms with Gasteiger partial charge >= 0.3 is 0 Å². The lowest BCUT2D eigenvalue weighted by Gasteiger charge is -2.29. The van der Waals surface area contributed by atoms with E-state index in [1.807, 2.05) is 24.4 Å². The molecule has 0 saturated carbocycles. The van der Waals surface area contributed by atoms with E-state index in [2.05, 4.69) is 44.5 Å². The van der Waals surface area contributed by atoms with E-state index in [9.17, 15) is 5.11 Å². The maximum Gasteiger partial charge on any atom is 0.136 e. The molecule has 3 nitrogen and oxygen atoms in total. The number of hydrogen-bond acceptors (Lipinski definition) is 2. The predicted molar refractivity (Wildman–Crippen MR) is 90.5 cm³/mol. The number of hydrogen-bond donors (Lipinski definition) is 1. The van der Waals surface area contributed by atoms with Crippen molar-refractivity contribution in [2.45, 2.75) is 31.6 Å². The molecular weight excluding hydrogens is 340 g/mol. The molecular formula is C18H17BrN2O. The van der Waals surface area contributed by atoms with Crippen LogP contribution in [-0.2, 0) is 6.42 Å². The number of pyridine rings is 1. The van der Waals surface area contributed by atoms with Crippen molar-refractivity contribution in [1.82, 2.24) is 9.38 Å². The number of rotatable bonds is 1. The van der Waals surface area contributed by atoms with Gasteiger partial charge in [0.15, 0.2) is 0 Å². The fraction of sp³-hybridized carbons (Fsp3) is 0.278. The fourth-order valence-corrected chi connectivity index (χ4v) is 3.99. The molecule has 0 bridgehead atoms. The van der Waals surface area contributed by atoms with Gasteiger partial charge in [0, 0.05) is 28.5 Å². The van der Waals surface area contributed by atoms with E-state index in [0.717, 1.165) is 23.0 Å². The maximum atomic E-state index is 9.78. The number of phenolic OH excluding ortho intramolecular Hbond substituents is 1. The monoisotopic (exact) mass is 356 g/mol. The van der Waals surface area contributed by atoms with Crippen LogP contribution in [0, 0.1) is 0 Å². The summed E-state index contributed by atoms with van der Waals surface area (Å²) in [7, 11) is 0. The topological polar surface area (TPSA) is 37.5 Å². The van der Waals surface area contributed by atoms with Gasteiger partial charge in [-0.15, -0.1) is 0 Å². The first kappa shape index (κ1) is 13.8. The number of aromatic nitrogens is 2. The minimum atomic E-state index is 0.354. The van der Waals surface area contributed by atoms with Crippen LogP contribution in [-0.4, -0.2) is 14.5 Å². The van der Waals surface area contributed by atoms with Crippen LogP contribution >= 0.6 is 15.9 Å². The second-order valence-corrected chi connectivity index (χ2v) is 7.10. The van der Waals surface area contributed by atoms with E-state index in [4.69, 9.17) is 0 Å². The van der Waals surface area contributed by atoms with E-state index in [1.54, 1.807) is 6.07 Å². The summed E-state index contributed by atoms with van der Waals surface area (Å²) in [6, 6.07) is 9.82. The SMILES string of the molecule is CC1CC(c2cnc3ccc(Br)cn23)Cc2cc(O)ccc21. The Bertz CT molecular complexity index is 855. The largest absolute Gasteiger partial charge is 0.508 e. The third-order valence-corrected chi connectivity index (χ3v) is 5.15. The Labute approximate surface area is 137 Å². The van der Waals surface area contributed by atoms with Crippen LogP contribution in [0.15, 0.2) is 47.2 Å². The van der Waals surface area contributed by atoms with Crippen molar-refractivity contribution in [2.24, 2.45) is 0 Å². The third-order valence-electron chi connectivity index (χ3n) is 4.68. The molecule has 2 unspecified atom stereocenters. The summed E-state index contributed by atoms with van der Waals surface area (Å²) in [5.41, 5.74) is 4.85. The summed E-state index contributed by atoms with van der Waals surface area (Å²) in [5, 5.41) is 9.78. The molecule has 0 saturated heterocycles. The Morgan fingerprint density at radius 2 is 2.14 bits per heavy atom. The molecule has 4 rings (SSSR count). The van der Waals surface area contributed by atoms with Gasteiger partial charge < -0.3 is 9.51 Å². The number of benzene rings is 1. The molecule has 1 aromatic carbocycles. The van der Waals surface area contributed by atoms with Crippen LogP contribution in [0.4, 0.5) is 0 Å². The average Bonchev–Trinajstić information content (AvgIpc) is 2.89. The molecule has 1 N–H and O–H groups in total. The zero-order valence-electron chi connectivity index (χ0n) is 12.3. The Balaban J connectivity index is 1.78. The molecule has 2 heterocycles. The lowest BCUT2D eigenvalue weighted by molar-refractivity contribution is 0.466. The summed E-state index contributed by atoms with van der Waals surface area (Å²) < 4.78 is 3.23. The smallest absolute Gasteiger partial charge is 0.136 e. The van der Waals surface area contributed by atoms with Gasteiger partial charge in [0.2, 0.25) is 0 Å². The first-order chi connectivity index (χ1) is 10.6. The molecule has 0 aliphatic heterocycles. The van der Waals surface area contributed by atoms with Crippen LogP contribution in [0.3, 0.4) is 0 Å². The highest BCUT2D eigenvalue weighted by atomic mass is 79.9. The van der Waals surface area contributed by atoms with Gasteiger partial charge in [0.1, 0.15) is 11.4 Å². The van der Waals surface area contributed by atoms with Crippen molar-refractivity contribution in [3.8, 4) is 5.75 Å². The molecule has 0 radical (unpaired) electrons. The van der Waals surface area contributed by atoms with E-state index in [-0.39, 0.29) is 0 Å². The first-order valence-electron chi connectivity index (χ1n) is 7.56. The van der Waals surface area contributed by atoms with Gasteiger partial charge in [0.25, 0.3) is 0 Å². The van der Waals surface area contributed by atoms with Crippen molar-refractivity contribution >= 4 is 21.6 Å². The number of halogens is 1. The van der Waals surface area contributed by atoms with E-state index in [1.165, 1.54) is 16.8 Å². The second-order valence-electron chi connectivity index (χ2n) is 6.18. The molecule has 1 aliphatic carbocycles. The number of aromatic hydroxyl groups is 1. The highest BCUT2D eigenvalue weighted by Gasteiger charge is 2.27. The second kappa shape index (κ2) is 5.13. The minimum absolute atomic E-state index is 0.354. The summed E-state index contributed by atoms with van der Waals surface area (Å²) >= 11 is 3.54.